The summed E-state index contributed by atoms with van der Waals surface area (Å²) in [5.41, 5.74) is 2.36. The summed E-state index contributed by atoms with van der Waals surface area (Å²) in [5.74, 6) is 0. The van der Waals surface area contributed by atoms with E-state index < -0.39 is 0 Å². The number of benzene rings is 1. The van der Waals surface area contributed by atoms with E-state index in [0.29, 0.717) is 26.9 Å². The van der Waals surface area contributed by atoms with E-state index >= 15 is 0 Å². The topological polar surface area (TPSA) is 47.8 Å². The zero-order chi connectivity index (χ0) is 14.8. The fraction of sp³-hybridized carbons (Fsp3) is 0. The van der Waals surface area contributed by atoms with E-state index in [0.717, 1.165) is 12.0 Å². The van der Waals surface area contributed by atoms with Crippen LogP contribution >= 0.6 is 23.2 Å². The summed E-state index contributed by atoms with van der Waals surface area (Å²) in [6.07, 6.45) is 5.71. The number of hydrogen-bond acceptors (Lipinski definition) is 3. The van der Waals surface area contributed by atoms with Gasteiger partial charge in [0.1, 0.15) is 5.69 Å². The summed E-state index contributed by atoms with van der Waals surface area (Å²) in [6.45, 7) is 0. The van der Waals surface area contributed by atoms with E-state index in [1.54, 1.807) is 53.6 Å². The van der Waals surface area contributed by atoms with E-state index in [9.17, 15) is 4.79 Å². The first-order valence-electron chi connectivity index (χ1n) is 6.10. The minimum Gasteiger partial charge on any atom is -0.298 e. The predicted octanol–water partition coefficient (Wildman–Crippen LogP) is 4.05. The van der Waals surface area contributed by atoms with Crippen LogP contribution in [0.2, 0.25) is 10.0 Å². The van der Waals surface area contributed by atoms with Crippen LogP contribution in [0.3, 0.4) is 0 Å². The van der Waals surface area contributed by atoms with Gasteiger partial charge in [0.15, 0.2) is 6.29 Å². The lowest BCUT2D eigenvalue weighted by atomic mass is 10.1. The Morgan fingerprint density at radius 1 is 1.10 bits per heavy atom. The highest BCUT2D eigenvalue weighted by molar-refractivity contribution is 6.43. The van der Waals surface area contributed by atoms with Gasteiger partial charge in [-0.15, -0.1) is 0 Å². The van der Waals surface area contributed by atoms with Gasteiger partial charge in [0.2, 0.25) is 0 Å². The number of hydrogen-bond donors (Lipinski definition) is 0. The summed E-state index contributed by atoms with van der Waals surface area (Å²) < 4.78 is 1.61. The lowest BCUT2D eigenvalue weighted by Crippen LogP contribution is -1.94. The summed E-state index contributed by atoms with van der Waals surface area (Å²) >= 11 is 12.2. The van der Waals surface area contributed by atoms with Gasteiger partial charge >= 0.3 is 0 Å². The first-order valence-corrected chi connectivity index (χ1v) is 6.86. The van der Waals surface area contributed by atoms with Crippen molar-refractivity contribution >= 4 is 29.5 Å². The molecule has 0 saturated heterocycles. The number of rotatable bonds is 3. The van der Waals surface area contributed by atoms with Crippen molar-refractivity contribution in [2.24, 2.45) is 0 Å². The Bertz CT molecular complexity index is 800. The lowest BCUT2D eigenvalue weighted by molar-refractivity contribution is 0.112. The third kappa shape index (κ3) is 2.55. The van der Waals surface area contributed by atoms with Crippen molar-refractivity contribution in [1.29, 1.82) is 0 Å². The monoisotopic (exact) mass is 317 g/mol. The number of halogens is 2. The fourth-order valence-electron chi connectivity index (χ4n) is 2.00. The third-order valence-corrected chi connectivity index (χ3v) is 3.82. The molecular formula is C15H9Cl2N3O. The Hall–Kier alpha value is -2.17. The zero-order valence-electron chi connectivity index (χ0n) is 10.7. The maximum Gasteiger partial charge on any atom is 0.153 e. The molecule has 0 unspecified atom stereocenters. The molecule has 0 aliphatic heterocycles. The molecule has 0 fully saturated rings. The summed E-state index contributed by atoms with van der Waals surface area (Å²) in [7, 11) is 0. The Balaban J connectivity index is 2.17. The molecule has 6 heteroatoms. The Kier molecular flexibility index (Phi) is 3.73. The highest BCUT2D eigenvalue weighted by Gasteiger charge is 2.15. The van der Waals surface area contributed by atoms with Gasteiger partial charge in [-0.25, -0.2) is 4.68 Å². The zero-order valence-corrected chi connectivity index (χ0v) is 12.2. The molecule has 0 aliphatic rings. The molecule has 21 heavy (non-hydrogen) atoms. The van der Waals surface area contributed by atoms with Crippen molar-refractivity contribution in [3.8, 4) is 16.9 Å². The van der Waals surface area contributed by atoms with Crippen LogP contribution in [0.5, 0.6) is 0 Å². The second-order valence-electron chi connectivity index (χ2n) is 4.30. The number of nitrogens with zero attached hydrogens (tertiary/aromatic N) is 3. The van der Waals surface area contributed by atoms with E-state index in [-0.39, 0.29) is 0 Å². The molecule has 3 aromatic rings. The second kappa shape index (κ2) is 5.68. The summed E-state index contributed by atoms with van der Waals surface area (Å²) in [5, 5.41) is 5.24. The number of aldehydes is 1. The molecule has 0 spiro atoms. The van der Waals surface area contributed by atoms with Crippen molar-refractivity contribution in [1.82, 2.24) is 14.8 Å². The van der Waals surface area contributed by atoms with Crippen LogP contribution in [0, 0.1) is 0 Å². The van der Waals surface area contributed by atoms with Crippen molar-refractivity contribution in [3.63, 3.8) is 0 Å². The van der Waals surface area contributed by atoms with Crippen molar-refractivity contribution < 1.29 is 4.79 Å². The second-order valence-corrected chi connectivity index (χ2v) is 5.09. The number of carbonyl (C=O) groups is 1. The van der Waals surface area contributed by atoms with Crippen molar-refractivity contribution in [3.05, 3.63) is 64.5 Å². The van der Waals surface area contributed by atoms with Crippen LogP contribution in [-0.2, 0) is 0 Å². The molecule has 3 rings (SSSR count). The van der Waals surface area contributed by atoms with Crippen molar-refractivity contribution in [2.45, 2.75) is 0 Å². The first kappa shape index (κ1) is 13.8. The van der Waals surface area contributed by atoms with Gasteiger partial charge in [-0.1, -0.05) is 35.3 Å². The van der Waals surface area contributed by atoms with Gasteiger partial charge in [-0.3, -0.25) is 9.78 Å². The maximum atomic E-state index is 11.3. The molecule has 0 bridgehead atoms. The van der Waals surface area contributed by atoms with Crippen LogP contribution < -0.4 is 0 Å². The third-order valence-electron chi connectivity index (χ3n) is 3.00. The van der Waals surface area contributed by atoms with E-state index in [1.165, 1.54) is 0 Å². The minimum absolute atomic E-state index is 0.377. The number of aromatic nitrogens is 3. The number of pyridine rings is 1. The molecule has 2 aromatic heterocycles. The average molecular weight is 318 g/mol. The van der Waals surface area contributed by atoms with Crippen LogP contribution in [0.25, 0.3) is 16.9 Å². The summed E-state index contributed by atoms with van der Waals surface area (Å²) in [6, 6.07) is 8.83. The molecular weight excluding hydrogens is 309 g/mol. The SMILES string of the molecule is O=Cc1cn(-c2ccncc2)nc1-c1cccc(Cl)c1Cl. The molecule has 1 aromatic carbocycles. The fourth-order valence-corrected chi connectivity index (χ4v) is 2.39. The molecule has 104 valence electrons. The Morgan fingerprint density at radius 3 is 2.57 bits per heavy atom. The first-order chi connectivity index (χ1) is 10.2. The molecule has 0 radical (unpaired) electrons. The van der Waals surface area contributed by atoms with E-state index in [4.69, 9.17) is 23.2 Å². The smallest absolute Gasteiger partial charge is 0.153 e. The quantitative estimate of drug-likeness (QED) is 0.684. The minimum atomic E-state index is 0.377. The molecule has 0 atom stereocenters. The molecule has 0 amide bonds. The molecule has 2 heterocycles. The number of carbonyl (C=O) groups excluding carboxylic acids is 1. The van der Waals surface area contributed by atoms with Gasteiger partial charge in [0.25, 0.3) is 0 Å². The van der Waals surface area contributed by atoms with Crippen LogP contribution in [0.15, 0.2) is 48.9 Å². The largest absolute Gasteiger partial charge is 0.298 e. The molecule has 4 nitrogen and oxygen atoms in total. The highest BCUT2D eigenvalue weighted by atomic mass is 35.5. The molecule has 0 aliphatic carbocycles. The van der Waals surface area contributed by atoms with E-state index in [2.05, 4.69) is 10.1 Å². The lowest BCUT2D eigenvalue weighted by Gasteiger charge is -2.03. The Labute approximate surface area is 131 Å². The summed E-state index contributed by atoms with van der Waals surface area (Å²) in [4.78, 5) is 15.3. The van der Waals surface area contributed by atoms with E-state index in [1.807, 2.05) is 0 Å². The molecule has 0 saturated carbocycles. The van der Waals surface area contributed by atoms with Gasteiger partial charge in [0, 0.05) is 24.2 Å². The normalized spacial score (nSPS) is 10.6. The predicted molar refractivity (Wildman–Crippen MR) is 82.2 cm³/mol. The highest BCUT2D eigenvalue weighted by Crippen LogP contribution is 2.34. The standard InChI is InChI=1S/C15H9Cl2N3O/c16-13-3-1-2-12(14(13)17)15-10(9-21)8-20(19-15)11-4-6-18-7-5-11/h1-9H. The average Bonchev–Trinajstić information content (AvgIpc) is 2.95. The van der Waals surface area contributed by atoms with Gasteiger partial charge in [-0.2, -0.15) is 5.10 Å². The van der Waals surface area contributed by atoms with Gasteiger partial charge in [0.05, 0.1) is 21.3 Å². The maximum absolute atomic E-state index is 11.3. The van der Waals surface area contributed by atoms with Gasteiger partial charge < -0.3 is 0 Å². The molecule has 0 N–H and O–H groups in total. The Morgan fingerprint density at radius 2 is 1.86 bits per heavy atom. The van der Waals surface area contributed by atoms with Crippen molar-refractivity contribution in [2.75, 3.05) is 0 Å². The van der Waals surface area contributed by atoms with Gasteiger partial charge in [-0.05, 0) is 18.2 Å². The van der Waals surface area contributed by atoms with Crippen LogP contribution in [0.4, 0.5) is 0 Å². The van der Waals surface area contributed by atoms with Crippen LogP contribution in [0.1, 0.15) is 10.4 Å². The van der Waals surface area contributed by atoms with Crippen LogP contribution in [-0.4, -0.2) is 21.1 Å².